The van der Waals surface area contributed by atoms with Crippen LogP contribution in [0.5, 0.6) is 0 Å². The van der Waals surface area contributed by atoms with Crippen molar-refractivity contribution in [2.75, 3.05) is 18.8 Å². The van der Waals surface area contributed by atoms with E-state index in [-0.39, 0.29) is 17.5 Å². The molecule has 136 valence electrons. The number of hydrogen-bond acceptors (Lipinski definition) is 3. The van der Waals surface area contributed by atoms with Crippen LogP contribution in [0, 0.1) is 12.7 Å². The molecule has 2 heterocycles. The third-order valence-electron chi connectivity index (χ3n) is 4.71. The average molecular weight is 365 g/mol. The molecule has 1 aromatic heterocycles. The standard InChI is InChI=1S/C18H24FN3O2S/c1-3-10-25(23,24)21-9-8-16(13-21)18-20-11-14(2)22(18)12-15-4-6-17(19)7-5-15/h4-7,11,16H,3,8-10,12-13H2,1-2H3. The Labute approximate surface area is 148 Å². The van der Waals surface area contributed by atoms with Crippen molar-refractivity contribution in [1.29, 1.82) is 0 Å². The van der Waals surface area contributed by atoms with Crippen LogP contribution in [0.3, 0.4) is 0 Å². The average Bonchev–Trinajstić information content (AvgIpc) is 3.18. The molecule has 1 aromatic carbocycles. The smallest absolute Gasteiger partial charge is 0.214 e. The van der Waals surface area contributed by atoms with E-state index in [1.807, 2.05) is 20.0 Å². The highest BCUT2D eigenvalue weighted by Gasteiger charge is 2.33. The summed E-state index contributed by atoms with van der Waals surface area (Å²) in [7, 11) is -3.17. The number of benzene rings is 1. The van der Waals surface area contributed by atoms with Gasteiger partial charge < -0.3 is 4.57 Å². The molecule has 1 aliphatic rings. The second-order valence-corrected chi connectivity index (χ2v) is 8.72. The van der Waals surface area contributed by atoms with Crippen molar-refractivity contribution in [3.63, 3.8) is 0 Å². The Morgan fingerprint density at radius 2 is 2.00 bits per heavy atom. The summed E-state index contributed by atoms with van der Waals surface area (Å²) in [5.41, 5.74) is 2.02. The van der Waals surface area contributed by atoms with E-state index in [1.165, 1.54) is 12.1 Å². The summed E-state index contributed by atoms with van der Waals surface area (Å²) in [6.45, 7) is 5.52. The van der Waals surface area contributed by atoms with Crippen LogP contribution in [-0.2, 0) is 16.6 Å². The van der Waals surface area contributed by atoms with E-state index in [9.17, 15) is 12.8 Å². The van der Waals surface area contributed by atoms with Gasteiger partial charge in [0.1, 0.15) is 11.6 Å². The lowest BCUT2D eigenvalue weighted by atomic mass is 10.1. The summed E-state index contributed by atoms with van der Waals surface area (Å²) in [5, 5.41) is 0. The van der Waals surface area contributed by atoms with Crippen molar-refractivity contribution in [2.24, 2.45) is 0 Å². The number of imidazole rings is 1. The van der Waals surface area contributed by atoms with Crippen LogP contribution in [0.4, 0.5) is 4.39 Å². The van der Waals surface area contributed by atoms with Crippen molar-refractivity contribution >= 4 is 10.0 Å². The molecular formula is C18H24FN3O2S. The maximum Gasteiger partial charge on any atom is 0.214 e. The normalized spacial score (nSPS) is 18.8. The molecule has 0 bridgehead atoms. The summed E-state index contributed by atoms with van der Waals surface area (Å²) in [6.07, 6.45) is 3.23. The molecule has 0 amide bonds. The Balaban J connectivity index is 1.79. The van der Waals surface area contributed by atoms with Crippen LogP contribution in [0.15, 0.2) is 30.5 Å². The molecule has 1 unspecified atom stereocenters. The number of nitrogens with zero attached hydrogens (tertiary/aromatic N) is 3. The molecule has 25 heavy (non-hydrogen) atoms. The van der Waals surface area contributed by atoms with Gasteiger partial charge in [-0.15, -0.1) is 0 Å². The zero-order valence-corrected chi connectivity index (χ0v) is 15.5. The Kier molecular flexibility index (Phi) is 5.24. The lowest BCUT2D eigenvalue weighted by Gasteiger charge is -2.17. The minimum absolute atomic E-state index is 0.0979. The number of aromatic nitrogens is 2. The van der Waals surface area contributed by atoms with Gasteiger partial charge in [0.25, 0.3) is 0 Å². The highest BCUT2D eigenvalue weighted by atomic mass is 32.2. The predicted molar refractivity (Wildman–Crippen MR) is 95.5 cm³/mol. The van der Waals surface area contributed by atoms with E-state index in [0.29, 0.717) is 26.1 Å². The van der Waals surface area contributed by atoms with Crippen LogP contribution < -0.4 is 0 Å². The van der Waals surface area contributed by atoms with Crippen molar-refractivity contribution < 1.29 is 12.8 Å². The van der Waals surface area contributed by atoms with Gasteiger partial charge in [0, 0.05) is 37.4 Å². The second kappa shape index (κ2) is 7.25. The summed E-state index contributed by atoms with van der Waals surface area (Å²) in [6, 6.07) is 6.45. The molecule has 3 rings (SSSR count). The van der Waals surface area contributed by atoms with Gasteiger partial charge in [-0.05, 0) is 37.5 Å². The SMILES string of the molecule is CCCS(=O)(=O)N1CCC(c2ncc(C)n2Cc2ccc(F)cc2)C1. The lowest BCUT2D eigenvalue weighted by Crippen LogP contribution is -2.30. The molecule has 5 nitrogen and oxygen atoms in total. The number of hydrogen-bond donors (Lipinski definition) is 0. The number of rotatable bonds is 6. The zero-order valence-electron chi connectivity index (χ0n) is 14.7. The Morgan fingerprint density at radius 3 is 2.68 bits per heavy atom. The highest BCUT2D eigenvalue weighted by molar-refractivity contribution is 7.89. The largest absolute Gasteiger partial charge is 0.328 e. The van der Waals surface area contributed by atoms with Crippen LogP contribution in [0.25, 0.3) is 0 Å². The van der Waals surface area contributed by atoms with Crippen molar-refractivity contribution in [3.05, 3.63) is 53.4 Å². The fourth-order valence-corrected chi connectivity index (χ4v) is 4.93. The van der Waals surface area contributed by atoms with Gasteiger partial charge in [0.05, 0.1) is 5.75 Å². The zero-order chi connectivity index (χ0) is 18.0. The third-order valence-corrected chi connectivity index (χ3v) is 6.75. The second-order valence-electron chi connectivity index (χ2n) is 6.63. The van der Waals surface area contributed by atoms with E-state index in [1.54, 1.807) is 16.4 Å². The molecule has 1 atom stereocenters. The predicted octanol–water partition coefficient (Wildman–Crippen LogP) is 2.91. The van der Waals surface area contributed by atoms with Gasteiger partial charge in [-0.2, -0.15) is 0 Å². The van der Waals surface area contributed by atoms with E-state index < -0.39 is 10.0 Å². The minimum atomic E-state index is -3.17. The van der Waals surface area contributed by atoms with E-state index in [4.69, 9.17) is 0 Å². The molecule has 1 aliphatic heterocycles. The Morgan fingerprint density at radius 1 is 1.28 bits per heavy atom. The minimum Gasteiger partial charge on any atom is -0.328 e. The monoisotopic (exact) mass is 365 g/mol. The van der Waals surface area contributed by atoms with Crippen LogP contribution in [0.2, 0.25) is 0 Å². The Hall–Kier alpha value is -1.73. The van der Waals surface area contributed by atoms with E-state index in [0.717, 1.165) is 23.5 Å². The first-order chi connectivity index (χ1) is 11.9. The summed E-state index contributed by atoms with van der Waals surface area (Å²) in [4.78, 5) is 4.54. The van der Waals surface area contributed by atoms with E-state index in [2.05, 4.69) is 9.55 Å². The van der Waals surface area contributed by atoms with Gasteiger partial charge in [0.15, 0.2) is 0 Å². The topological polar surface area (TPSA) is 55.2 Å². The van der Waals surface area contributed by atoms with Crippen LogP contribution >= 0.6 is 0 Å². The molecule has 1 fully saturated rings. The first-order valence-corrected chi connectivity index (χ1v) is 10.3. The van der Waals surface area contributed by atoms with Gasteiger partial charge >= 0.3 is 0 Å². The van der Waals surface area contributed by atoms with E-state index >= 15 is 0 Å². The molecule has 0 saturated carbocycles. The molecule has 0 radical (unpaired) electrons. The summed E-state index contributed by atoms with van der Waals surface area (Å²) < 4.78 is 41.4. The molecule has 0 N–H and O–H groups in total. The van der Waals surface area contributed by atoms with Gasteiger partial charge in [-0.1, -0.05) is 19.1 Å². The number of aryl methyl sites for hydroxylation is 1. The Bertz CT molecular complexity index is 831. The van der Waals surface area contributed by atoms with Gasteiger partial charge in [0.2, 0.25) is 10.0 Å². The number of sulfonamides is 1. The molecular weight excluding hydrogens is 341 g/mol. The molecule has 7 heteroatoms. The summed E-state index contributed by atoms with van der Waals surface area (Å²) >= 11 is 0. The maximum absolute atomic E-state index is 13.1. The molecule has 0 spiro atoms. The fraction of sp³-hybridized carbons (Fsp3) is 0.500. The summed E-state index contributed by atoms with van der Waals surface area (Å²) in [5.74, 6) is 0.957. The highest BCUT2D eigenvalue weighted by Crippen LogP contribution is 2.29. The van der Waals surface area contributed by atoms with Crippen molar-refractivity contribution in [3.8, 4) is 0 Å². The molecule has 1 saturated heterocycles. The molecule has 2 aromatic rings. The maximum atomic E-state index is 13.1. The fourth-order valence-electron chi connectivity index (χ4n) is 3.36. The first-order valence-electron chi connectivity index (χ1n) is 8.65. The van der Waals surface area contributed by atoms with Crippen LogP contribution in [-0.4, -0.2) is 41.1 Å². The van der Waals surface area contributed by atoms with Crippen LogP contribution in [0.1, 0.15) is 42.8 Å². The quantitative estimate of drug-likeness (QED) is 0.791. The van der Waals surface area contributed by atoms with Gasteiger partial charge in [-0.3, -0.25) is 0 Å². The van der Waals surface area contributed by atoms with Crippen molar-refractivity contribution in [1.82, 2.24) is 13.9 Å². The first kappa shape index (κ1) is 18.1. The molecule has 0 aliphatic carbocycles. The van der Waals surface area contributed by atoms with Crippen molar-refractivity contribution in [2.45, 2.75) is 39.2 Å². The van der Waals surface area contributed by atoms with Gasteiger partial charge in [-0.25, -0.2) is 22.1 Å². The third kappa shape index (κ3) is 3.93. The lowest BCUT2D eigenvalue weighted by molar-refractivity contribution is 0.468. The number of halogens is 1.